The maximum atomic E-state index is 6.48. The zero-order chi connectivity index (χ0) is 20.3. The Morgan fingerprint density at radius 3 is 2.76 bits per heavy atom. The third kappa shape index (κ3) is 5.02. The number of benzene rings is 2. The summed E-state index contributed by atoms with van der Waals surface area (Å²) in [6.45, 7) is 1.72. The highest BCUT2D eigenvalue weighted by Crippen LogP contribution is 2.40. The minimum absolute atomic E-state index is 0.222. The first-order valence-corrected chi connectivity index (χ1v) is 10.6. The van der Waals surface area contributed by atoms with Crippen molar-refractivity contribution in [3.8, 4) is 0 Å². The van der Waals surface area contributed by atoms with Gasteiger partial charge in [-0.25, -0.2) is 4.98 Å². The van der Waals surface area contributed by atoms with Crippen molar-refractivity contribution in [2.24, 2.45) is 0 Å². The summed E-state index contributed by atoms with van der Waals surface area (Å²) in [4.78, 5) is 4.10. The fraction of sp³-hybridized carbons (Fsp3) is 0.286. The van der Waals surface area contributed by atoms with E-state index in [2.05, 4.69) is 20.9 Å². The van der Waals surface area contributed by atoms with Gasteiger partial charge in [-0.2, -0.15) is 0 Å². The lowest BCUT2D eigenvalue weighted by Crippen LogP contribution is -2.34. The zero-order valence-corrected chi connectivity index (χ0v) is 18.5. The second-order valence-electron chi connectivity index (χ2n) is 6.80. The molecule has 1 aliphatic rings. The lowest BCUT2D eigenvalue weighted by Gasteiger charge is -2.30. The van der Waals surface area contributed by atoms with Crippen molar-refractivity contribution in [2.45, 2.75) is 25.0 Å². The van der Waals surface area contributed by atoms with Crippen LogP contribution in [0.2, 0.25) is 10.0 Å². The van der Waals surface area contributed by atoms with Gasteiger partial charge in [0.2, 0.25) is 5.79 Å². The first kappa shape index (κ1) is 20.8. The smallest absolute Gasteiger partial charge is 0.215 e. The number of aromatic nitrogens is 2. The van der Waals surface area contributed by atoms with E-state index >= 15 is 0 Å². The molecule has 0 N–H and O–H groups in total. The summed E-state index contributed by atoms with van der Waals surface area (Å²) in [5.41, 5.74) is 1.82. The SMILES string of the molecule is Clc1ccc(C2(Cn3ccnc3)OCC(COCc3ccc(Br)cc3)O2)c(Cl)c1. The monoisotopic (exact) mass is 496 g/mol. The molecule has 5 nitrogen and oxygen atoms in total. The van der Waals surface area contributed by atoms with Crippen LogP contribution >= 0.6 is 39.1 Å². The van der Waals surface area contributed by atoms with Crippen molar-refractivity contribution in [2.75, 3.05) is 13.2 Å². The van der Waals surface area contributed by atoms with Gasteiger partial charge >= 0.3 is 0 Å². The fourth-order valence-electron chi connectivity index (χ4n) is 3.26. The van der Waals surface area contributed by atoms with Gasteiger partial charge in [-0.3, -0.25) is 0 Å². The summed E-state index contributed by atoms with van der Waals surface area (Å²) in [6.07, 6.45) is 5.07. The molecule has 1 fully saturated rings. The maximum Gasteiger partial charge on any atom is 0.215 e. The summed E-state index contributed by atoms with van der Waals surface area (Å²) < 4.78 is 21.3. The van der Waals surface area contributed by atoms with Gasteiger partial charge in [-0.1, -0.05) is 57.3 Å². The van der Waals surface area contributed by atoms with Crippen molar-refractivity contribution in [1.29, 1.82) is 0 Å². The van der Waals surface area contributed by atoms with E-state index in [9.17, 15) is 0 Å². The summed E-state index contributed by atoms with van der Waals surface area (Å²) >= 11 is 16.0. The van der Waals surface area contributed by atoms with Gasteiger partial charge in [0.25, 0.3) is 0 Å². The Kier molecular flexibility index (Phi) is 6.59. The summed E-state index contributed by atoms with van der Waals surface area (Å²) in [5, 5.41) is 1.05. The van der Waals surface area contributed by atoms with Crippen LogP contribution in [0.4, 0.5) is 0 Å². The van der Waals surface area contributed by atoms with Gasteiger partial charge in [-0.15, -0.1) is 0 Å². The summed E-state index contributed by atoms with van der Waals surface area (Å²) in [6, 6.07) is 13.3. The molecule has 8 heteroatoms. The van der Waals surface area contributed by atoms with Crippen molar-refractivity contribution >= 4 is 39.1 Å². The minimum Gasteiger partial charge on any atom is -0.374 e. The van der Waals surface area contributed by atoms with E-state index < -0.39 is 5.79 Å². The van der Waals surface area contributed by atoms with Gasteiger partial charge in [0.05, 0.1) is 37.7 Å². The Bertz CT molecular complexity index is 953. The molecule has 0 amide bonds. The lowest BCUT2D eigenvalue weighted by atomic mass is 10.1. The molecule has 1 aromatic heterocycles. The van der Waals surface area contributed by atoms with E-state index in [1.54, 1.807) is 24.7 Å². The van der Waals surface area contributed by atoms with Crippen molar-refractivity contribution in [3.05, 3.63) is 86.8 Å². The molecular weight excluding hydrogens is 479 g/mol. The van der Waals surface area contributed by atoms with Crippen LogP contribution in [0.15, 0.2) is 65.7 Å². The van der Waals surface area contributed by atoms with E-state index in [-0.39, 0.29) is 6.10 Å². The first-order valence-electron chi connectivity index (χ1n) is 9.09. The van der Waals surface area contributed by atoms with E-state index in [1.165, 1.54) is 0 Å². The van der Waals surface area contributed by atoms with Crippen LogP contribution in [0.25, 0.3) is 0 Å². The highest BCUT2D eigenvalue weighted by Gasteiger charge is 2.45. The van der Waals surface area contributed by atoms with Gasteiger partial charge < -0.3 is 18.8 Å². The lowest BCUT2D eigenvalue weighted by molar-refractivity contribution is -0.191. The van der Waals surface area contributed by atoms with Gasteiger partial charge in [0.1, 0.15) is 6.10 Å². The quantitative estimate of drug-likeness (QED) is 0.436. The summed E-state index contributed by atoms with van der Waals surface area (Å²) in [5.74, 6) is -1.03. The molecule has 1 saturated heterocycles. The number of hydrogen-bond donors (Lipinski definition) is 0. The molecule has 2 aromatic carbocycles. The second kappa shape index (κ2) is 9.16. The Morgan fingerprint density at radius 1 is 1.21 bits per heavy atom. The molecule has 3 aromatic rings. The van der Waals surface area contributed by atoms with E-state index in [4.69, 9.17) is 37.4 Å². The number of halogens is 3. The number of imidazole rings is 1. The van der Waals surface area contributed by atoms with Crippen LogP contribution in [0.3, 0.4) is 0 Å². The topological polar surface area (TPSA) is 45.5 Å². The zero-order valence-electron chi connectivity index (χ0n) is 15.4. The second-order valence-corrected chi connectivity index (χ2v) is 8.56. The third-order valence-corrected chi connectivity index (χ3v) is 5.71. The molecular formula is C21H19BrCl2N2O3. The molecule has 0 spiro atoms. The Labute approximate surface area is 187 Å². The fourth-order valence-corrected chi connectivity index (χ4v) is 4.08. The van der Waals surface area contributed by atoms with Crippen molar-refractivity contribution < 1.29 is 14.2 Å². The molecule has 1 aliphatic heterocycles. The molecule has 2 atom stereocenters. The standard InChI is InChI=1S/C21H19BrCl2N2O3/c22-16-3-1-15(2-4-16)10-27-11-18-12-28-21(29-18,13-26-8-7-25-14-26)19-6-5-17(23)9-20(19)24/h1-9,14,18H,10-13H2. The van der Waals surface area contributed by atoms with Crippen LogP contribution in [-0.4, -0.2) is 28.9 Å². The molecule has 0 aliphatic carbocycles. The Hall–Kier alpha value is -1.41. The molecule has 0 bridgehead atoms. The third-order valence-electron chi connectivity index (χ3n) is 4.64. The molecule has 4 rings (SSSR count). The van der Waals surface area contributed by atoms with Crippen LogP contribution in [0.1, 0.15) is 11.1 Å². The molecule has 2 unspecified atom stereocenters. The van der Waals surface area contributed by atoms with Crippen LogP contribution < -0.4 is 0 Å². The Balaban J connectivity index is 1.47. The molecule has 152 valence electrons. The minimum atomic E-state index is -1.03. The van der Waals surface area contributed by atoms with Gasteiger partial charge in [0.15, 0.2) is 0 Å². The predicted molar refractivity (Wildman–Crippen MR) is 115 cm³/mol. The Morgan fingerprint density at radius 2 is 2.03 bits per heavy atom. The number of ether oxygens (including phenoxy) is 3. The number of hydrogen-bond acceptors (Lipinski definition) is 4. The van der Waals surface area contributed by atoms with E-state index in [0.717, 1.165) is 15.6 Å². The summed E-state index contributed by atoms with van der Waals surface area (Å²) in [7, 11) is 0. The van der Waals surface area contributed by atoms with Gasteiger partial charge in [-0.05, 0) is 29.8 Å². The number of rotatable bonds is 7. The average Bonchev–Trinajstić information content (AvgIpc) is 3.34. The average molecular weight is 498 g/mol. The molecule has 29 heavy (non-hydrogen) atoms. The van der Waals surface area contributed by atoms with E-state index in [0.29, 0.717) is 36.4 Å². The first-order chi connectivity index (χ1) is 14.0. The highest BCUT2D eigenvalue weighted by atomic mass is 79.9. The number of nitrogens with zero attached hydrogens (tertiary/aromatic N) is 2. The van der Waals surface area contributed by atoms with Crippen molar-refractivity contribution in [1.82, 2.24) is 9.55 Å². The van der Waals surface area contributed by atoms with Crippen LogP contribution in [-0.2, 0) is 33.1 Å². The maximum absolute atomic E-state index is 6.48. The normalized spacial score (nSPS) is 21.6. The van der Waals surface area contributed by atoms with Crippen molar-refractivity contribution in [3.63, 3.8) is 0 Å². The van der Waals surface area contributed by atoms with E-state index in [1.807, 2.05) is 41.1 Å². The molecule has 0 radical (unpaired) electrons. The molecule has 2 heterocycles. The van der Waals surface area contributed by atoms with Crippen LogP contribution in [0.5, 0.6) is 0 Å². The largest absolute Gasteiger partial charge is 0.374 e. The predicted octanol–water partition coefficient (Wildman–Crippen LogP) is 5.44. The van der Waals surface area contributed by atoms with Gasteiger partial charge in [0, 0.05) is 27.5 Å². The highest BCUT2D eigenvalue weighted by molar-refractivity contribution is 9.10. The van der Waals surface area contributed by atoms with Crippen LogP contribution in [0, 0.1) is 0 Å². The molecule has 0 saturated carbocycles.